The second kappa shape index (κ2) is 5.63. The minimum atomic E-state index is -0.820. The van der Waals surface area contributed by atoms with Gasteiger partial charge in [-0.3, -0.25) is 0 Å². The monoisotopic (exact) mass is 377 g/mol. The Kier molecular flexibility index (Phi) is 4.49. The van der Waals surface area contributed by atoms with Gasteiger partial charge in [0.15, 0.2) is 0 Å². The molecule has 1 unspecified atom stereocenters. The second-order valence-corrected chi connectivity index (χ2v) is 6.54. The minimum Gasteiger partial charge on any atom is -0.318 e. The fourth-order valence-corrected chi connectivity index (χ4v) is 3.33. The summed E-state index contributed by atoms with van der Waals surface area (Å²) in [6, 6.07) is 11.0. The molecule has 0 aliphatic rings. The molecule has 0 bridgehead atoms. The van der Waals surface area contributed by atoms with Gasteiger partial charge in [0.05, 0.1) is 15.6 Å². The van der Waals surface area contributed by atoms with E-state index in [1.54, 1.807) is 12.1 Å². The summed E-state index contributed by atoms with van der Waals surface area (Å²) in [7, 11) is 0. The highest BCUT2D eigenvalue weighted by Crippen LogP contribution is 2.38. The fraction of sp³-hybridized carbons (Fsp3) is 0.143. The van der Waals surface area contributed by atoms with Crippen LogP contribution in [0, 0.1) is 0 Å². The molecule has 0 aliphatic carbocycles. The van der Waals surface area contributed by atoms with Crippen LogP contribution in [-0.2, 0) is 5.54 Å². The number of rotatable bonds is 2. The number of benzene rings is 2. The molecule has 2 rings (SSSR count). The molecule has 0 aromatic heterocycles. The lowest BCUT2D eigenvalue weighted by Gasteiger charge is -2.28. The first-order chi connectivity index (χ1) is 8.84. The summed E-state index contributed by atoms with van der Waals surface area (Å²) in [6.07, 6.45) is 0. The standard InChI is InChI=1S/C14H11BrCl3N/c1-14(19,9-6-5-8(15)7-12(9)17)10-3-2-4-11(16)13(10)18/h2-7H,19H2,1H3. The summed E-state index contributed by atoms with van der Waals surface area (Å²) in [6.45, 7) is 1.86. The van der Waals surface area contributed by atoms with Crippen molar-refractivity contribution in [3.8, 4) is 0 Å². The van der Waals surface area contributed by atoms with E-state index in [2.05, 4.69) is 15.9 Å². The van der Waals surface area contributed by atoms with E-state index in [-0.39, 0.29) is 0 Å². The van der Waals surface area contributed by atoms with Crippen LogP contribution in [0.5, 0.6) is 0 Å². The van der Waals surface area contributed by atoms with Crippen molar-refractivity contribution in [2.24, 2.45) is 5.73 Å². The average molecular weight is 380 g/mol. The predicted octanol–water partition coefficient (Wildman–Crippen LogP) is 5.63. The Morgan fingerprint density at radius 2 is 1.68 bits per heavy atom. The zero-order chi connectivity index (χ0) is 14.2. The zero-order valence-corrected chi connectivity index (χ0v) is 13.9. The molecule has 0 amide bonds. The number of hydrogen-bond acceptors (Lipinski definition) is 1. The van der Waals surface area contributed by atoms with E-state index in [0.717, 1.165) is 15.6 Å². The molecular weight excluding hydrogens is 368 g/mol. The molecule has 0 saturated heterocycles. The third-order valence-electron chi connectivity index (χ3n) is 3.00. The molecule has 1 atom stereocenters. The van der Waals surface area contributed by atoms with Crippen molar-refractivity contribution < 1.29 is 0 Å². The number of halogens is 4. The van der Waals surface area contributed by atoms with Gasteiger partial charge < -0.3 is 5.73 Å². The Hall–Kier alpha value is -0.250. The summed E-state index contributed by atoms with van der Waals surface area (Å²) in [5.41, 5.74) is 7.15. The van der Waals surface area contributed by atoms with E-state index in [4.69, 9.17) is 40.5 Å². The molecule has 0 spiro atoms. The van der Waals surface area contributed by atoms with Gasteiger partial charge in [-0.2, -0.15) is 0 Å². The molecule has 0 fully saturated rings. The molecule has 0 saturated carbocycles. The van der Waals surface area contributed by atoms with Crippen LogP contribution in [0.2, 0.25) is 15.1 Å². The van der Waals surface area contributed by atoms with Gasteiger partial charge >= 0.3 is 0 Å². The summed E-state index contributed by atoms with van der Waals surface area (Å²) in [4.78, 5) is 0. The average Bonchev–Trinajstić information content (AvgIpc) is 2.31. The van der Waals surface area contributed by atoms with Gasteiger partial charge in [-0.05, 0) is 36.2 Å². The Balaban J connectivity index is 2.61. The van der Waals surface area contributed by atoms with Crippen molar-refractivity contribution in [2.75, 3.05) is 0 Å². The lowest BCUT2D eigenvalue weighted by atomic mass is 9.85. The summed E-state index contributed by atoms with van der Waals surface area (Å²) >= 11 is 21.9. The molecule has 19 heavy (non-hydrogen) atoms. The third kappa shape index (κ3) is 2.93. The summed E-state index contributed by atoms with van der Waals surface area (Å²) in [5, 5.41) is 1.51. The highest BCUT2D eigenvalue weighted by molar-refractivity contribution is 9.10. The first-order valence-electron chi connectivity index (χ1n) is 5.53. The Bertz CT molecular complexity index is 626. The van der Waals surface area contributed by atoms with Gasteiger partial charge in [0, 0.05) is 9.50 Å². The Morgan fingerprint density at radius 1 is 1.00 bits per heavy atom. The molecule has 0 heterocycles. The lowest BCUT2D eigenvalue weighted by Crippen LogP contribution is -2.35. The van der Waals surface area contributed by atoms with Crippen molar-refractivity contribution in [1.82, 2.24) is 0 Å². The quantitative estimate of drug-likeness (QED) is 0.719. The smallest absolute Gasteiger partial charge is 0.0666 e. The highest BCUT2D eigenvalue weighted by atomic mass is 79.9. The third-order valence-corrected chi connectivity index (χ3v) is 4.63. The van der Waals surface area contributed by atoms with Crippen molar-refractivity contribution in [1.29, 1.82) is 0 Å². The van der Waals surface area contributed by atoms with Gasteiger partial charge in [-0.15, -0.1) is 0 Å². The highest BCUT2D eigenvalue weighted by Gasteiger charge is 2.29. The first-order valence-corrected chi connectivity index (χ1v) is 7.45. The fourth-order valence-electron chi connectivity index (χ4n) is 1.96. The van der Waals surface area contributed by atoms with Gasteiger partial charge in [-0.25, -0.2) is 0 Å². The number of hydrogen-bond donors (Lipinski definition) is 1. The molecule has 1 nitrogen and oxygen atoms in total. The van der Waals surface area contributed by atoms with Crippen molar-refractivity contribution in [2.45, 2.75) is 12.5 Å². The Labute approximate surface area is 135 Å². The van der Waals surface area contributed by atoms with Gasteiger partial charge in [-0.1, -0.05) is 68.9 Å². The molecule has 0 aliphatic heterocycles. The normalized spacial score (nSPS) is 14.2. The second-order valence-electron chi connectivity index (χ2n) is 4.43. The largest absolute Gasteiger partial charge is 0.318 e. The molecule has 2 aromatic rings. The minimum absolute atomic E-state index is 0.452. The van der Waals surface area contributed by atoms with Gasteiger partial charge in [0.25, 0.3) is 0 Å². The van der Waals surface area contributed by atoms with Crippen LogP contribution in [0.4, 0.5) is 0 Å². The van der Waals surface area contributed by atoms with Crippen LogP contribution < -0.4 is 5.73 Å². The van der Waals surface area contributed by atoms with Crippen LogP contribution in [0.3, 0.4) is 0 Å². The van der Waals surface area contributed by atoms with Crippen LogP contribution in [-0.4, -0.2) is 0 Å². The van der Waals surface area contributed by atoms with E-state index < -0.39 is 5.54 Å². The van der Waals surface area contributed by atoms with Crippen LogP contribution in [0.25, 0.3) is 0 Å². The van der Waals surface area contributed by atoms with Crippen LogP contribution in [0.1, 0.15) is 18.1 Å². The maximum absolute atomic E-state index is 6.44. The van der Waals surface area contributed by atoms with Crippen molar-refractivity contribution in [3.63, 3.8) is 0 Å². The molecular formula is C14H11BrCl3N. The SMILES string of the molecule is CC(N)(c1ccc(Br)cc1Cl)c1cccc(Cl)c1Cl. The molecule has 2 N–H and O–H groups in total. The van der Waals surface area contributed by atoms with Crippen molar-refractivity contribution in [3.05, 3.63) is 67.1 Å². The molecule has 0 radical (unpaired) electrons. The molecule has 2 aromatic carbocycles. The zero-order valence-electron chi connectivity index (χ0n) is 10.1. The van der Waals surface area contributed by atoms with E-state index in [1.165, 1.54) is 0 Å². The predicted molar refractivity (Wildman–Crippen MR) is 86.3 cm³/mol. The number of nitrogens with two attached hydrogens (primary N) is 1. The maximum Gasteiger partial charge on any atom is 0.0666 e. The van der Waals surface area contributed by atoms with E-state index in [1.807, 2.05) is 31.2 Å². The topological polar surface area (TPSA) is 26.0 Å². The van der Waals surface area contributed by atoms with Gasteiger partial charge in [0.1, 0.15) is 0 Å². The lowest BCUT2D eigenvalue weighted by molar-refractivity contribution is 0.603. The maximum atomic E-state index is 6.44. The van der Waals surface area contributed by atoms with E-state index >= 15 is 0 Å². The van der Waals surface area contributed by atoms with Gasteiger partial charge in [0.2, 0.25) is 0 Å². The summed E-state index contributed by atoms with van der Waals surface area (Å²) < 4.78 is 0.897. The van der Waals surface area contributed by atoms with Crippen LogP contribution in [0.15, 0.2) is 40.9 Å². The summed E-state index contributed by atoms with van der Waals surface area (Å²) in [5.74, 6) is 0. The molecule has 5 heteroatoms. The first kappa shape index (κ1) is 15.1. The molecule has 100 valence electrons. The van der Waals surface area contributed by atoms with E-state index in [0.29, 0.717) is 15.1 Å². The van der Waals surface area contributed by atoms with E-state index in [9.17, 15) is 0 Å². The van der Waals surface area contributed by atoms with Crippen LogP contribution >= 0.6 is 50.7 Å². The Morgan fingerprint density at radius 3 is 2.32 bits per heavy atom. The van der Waals surface area contributed by atoms with Crippen molar-refractivity contribution >= 4 is 50.7 Å².